The van der Waals surface area contributed by atoms with Crippen molar-refractivity contribution in [2.75, 3.05) is 5.32 Å². The van der Waals surface area contributed by atoms with E-state index in [1.54, 1.807) is 59.4 Å². The molecule has 0 aliphatic rings. The van der Waals surface area contributed by atoms with E-state index in [1.807, 2.05) is 20.8 Å². The Morgan fingerprint density at radius 2 is 1.84 bits per heavy atom. The zero-order valence-electron chi connectivity index (χ0n) is 20.4. The van der Waals surface area contributed by atoms with E-state index in [0.29, 0.717) is 22.3 Å². The maximum absolute atomic E-state index is 13.2. The van der Waals surface area contributed by atoms with E-state index in [2.05, 4.69) is 20.5 Å². The van der Waals surface area contributed by atoms with Crippen LogP contribution in [0.25, 0.3) is 16.6 Å². The first-order valence-electron chi connectivity index (χ1n) is 11.4. The minimum atomic E-state index is -2.94. The Hall–Kier alpha value is -3.98. The van der Waals surface area contributed by atoms with Gasteiger partial charge in [-0.15, -0.1) is 0 Å². The van der Waals surface area contributed by atoms with E-state index in [1.165, 1.54) is 12.1 Å². The number of carbonyl (C=O) groups is 2. The van der Waals surface area contributed by atoms with Crippen molar-refractivity contribution in [3.05, 3.63) is 83.0 Å². The number of benzene rings is 3. The number of carbonyl (C=O) groups excluding carboxylic acids is 2. The van der Waals surface area contributed by atoms with Crippen molar-refractivity contribution in [2.45, 2.75) is 33.9 Å². The second-order valence-electron chi connectivity index (χ2n) is 9.37. The second-order valence-corrected chi connectivity index (χ2v) is 9.78. The molecular weight excluding hydrogens is 502 g/mol. The first-order chi connectivity index (χ1) is 17.5. The molecule has 1 aromatic heterocycles. The first-order valence-corrected chi connectivity index (χ1v) is 11.8. The fraction of sp³-hybridized carbons (Fsp3) is 0.222. The molecule has 0 saturated carbocycles. The zero-order chi connectivity index (χ0) is 26.7. The highest BCUT2D eigenvalue weighted by Crippen LogP contribution is 2.28. The Morgan fingerprint density at radius 3 is 2.57 bits per heavy atom. The maximum atomic E-state index is 13.2. The molecular formula is C27H25ClF2N4O3. The minimum absolute atomic E-state index is 0.00817. The number of alkyl halides is 2. The summed E-state index contributed by atoms with van der Waals surface area (Å²) in [6.07, 6.45) is 1.58. The molecule has 0 atom stereocenters. The van der Waals surface area contributed by atoms with E-state index < -0.39 is 17.9 Å². The molecule has 0 fully saturated rings. The molecule has 1 heterocycles. The average Bonchev–Trinajstić information content (AvgIpc) is 3.27. The summed E-state index contributed by atoms with van der Waals surface area (Å²) >= 11 is 6.32. The largest absolute Gasteiger partial charge is 0.435 e. The van der Waals surface area contributed by atoms with Gasteiger partial charge >= 0.3 is 6.61 Å². The molecule has 192 valence electrons. The predicted molar refractivity (Wildman–Crippen MR) is 138 cm³/mol. The van der Waals surface area contributed by atoms with Crippen molar-refractivity contribution in [2.24, 2.45) is 5.41 Å². The summed E-state index contributed by atoms with van der Waals surface area (Å²) in [5, 5.41) is 11.0. The van der Waals surface area contributed by atoms with Crippen LogP contribution in [0.15, 0.2) is 66.9 Å². The number of nitrogens with one attached hydrogen (secondary N) is 2. The van der Waals surface area contributed by atoms with E-state index in [0.717, 1.165) is 5.56 Å². The highest BCUT2D eigenvalue weighted by atomic mass is 35.5. The topological polar surface area (TPSA) is 85.3 Å². The van der Waals surface area contributed by atoms with Crippen molar-refractivity contribution in [3.63, 3.8) is 0 Å². The third-order valence-corrected chi connectivity index (χ3v) is 5.89. The Labute approximate surface area is 217 Å². The van der Waals surface area contributed by atoms with Crippen LogP contribution in [-0.2, 0) is 11.3 Å². The number of aromatic nitrogens is 2. The van der Waals surface area contributed by atoms with Crippen molar-refractivity contribution in [1.82, 2.24) is 15.1 Å². The molecule has 7 nitrogen and oxygen atoms in total. The molecule has 4 rings (SSSR count). The van der Waals surface area contributed by atoms with E-state index in [-0.39, 0.29) is 28.8 Å². The third kappa shape index (κ3) is 6.06. The molecule has 0 spiro atoms. The molecule has 0 bridgehead atoms. The van der Waals surface area contributed by atoms with Crippen LogP contribution < -0.4 is 15.4 Å². The number of ether oxygens (including phenoxy) is 1. The van der Waals surface area contributed by atoms with Crippen LogP contribution in [0.4, 0.5) is 14.5 Å². The molecule has 0 aliphatic heterocycles. The molecule has 0 saturated heterocycles. The van der Waals surface area contributed by atoms with Gasteiger partial charge in [0.25, 0.3) is 5.91 Å². The number of hydrogen-bond donors (Lipinski definition) is 2. The molecule has 37 heavy (non-hydrogen) atoms. The molecule has 2 amide bonds. The monoisotopic (exact) mass is 526 g/mol. The maximum Gasteiger partial charge on any atom is 0.387 e. The van der Waals surface area contributed by atoms with Gasteiger partial charge in [0.15, 0.2) is 0 Å². The van der Waals surface area contributed by atoms with Gasteiger partial charge in [0.1, 0.15) is 5.75 Å². The Balaban J connectivity index is 1.57. The van der Waals surface area contributed by atoms with Crippen LogP contribution in [0.2, 0.25) is 5.02 Å². The third-order valence-electron chi connectivity index (χ3n) is 5.56. The summed E-state index contributed by atoms with van der Waals surface area (Å²) in [5.74, 6) is -0.529. The fourth-order valence-corrected chi connectivity index (χ4v) is 3.85. The highest BCUT2D eigenvalue weighted by molar-refractivity contribution is 6.34. The van der Waals surface area contributed by atoms with Gasteiger partial charge in [-0.1, -0.05) is 50.6 Å². The second kappa shape index (κ2) is 10.6. The molecule has 10 heteroatoms. The van der Waals surface area contributed by atoms with Crippen molar-refractivity contribution in [1.29, 1.82) is 0 Å². The normalized spacial score (nSPS) is 11.5. The van der Waals surface area contributed by atoms with Crippen molar-refractivity contribution >= 4 is 40.0 Å². The fourth-order valence-electron chi connectivity index (χ4n) is 3.65. The van der Waals surface area contributed by atoms with E-state index in [9.17, 15) is 18.4 Å². The summed E-state index contributed by atoms with van der Waals surface area (Å²) < 4.78 is 31.3. The standard InChI is InChI=1S/C27H25ClF2N4O3/c1-27(2,3)25(36)31-14-16-10-11-21(28)19(12-16)24(35)33-22-8-5-9-23-20(22)15-32-34(23)17-6-4-7-18(13-17)37-26(29)30/h4-13,15,26H,14H2,1-3H3,(H,31,36)(H,33,35). The average molecular weight is 527 g/mol. The lowest BCUT2D eigenvalue weighted by Crippen LogP contribution is -2.34. The van der Waals surface area contributed by atoms with Crippen LogP contribution in [0, 0.1) is 5.41 Å². The zero-order valence-corrected chi connectivity index (χ0v) is 21.1. The van der Waals surface area contributed by atoms with Crippen molar-refractivity contribution < 1.29 is 23.1 Å². The predicted octanol–water partition coefficient (Wildman–Crippen LogP) is 6.19. The molecule has 2 N–H and O–H groups in total. The van der Waals surface area contributed by atoms with Gasteiger partial charge in [0.05, 0.1) is 33.7 Å². The van der Waals surface area contributed by atoms with Crippen LogP contribution in [-0.4, -0.2) is 28.2 Å². The van der Waals surface area contributed by atoms with Gasteiger partial charge in [-0.2, -0.15) is 13.9 Å². The Morgan fingerprint density at radius 1 is 1.08 bits per heavy atom. The lowest BCUT2D eigenvalue weighted by atomic mass is 9.95. The summed E-state index contributed by atoms with van der Waals surface area (Å²) in [6, 6.07) is 16.4. The van der Waals surface area contributed by atoms with Gasteiger partial charge in [0, 0.05) is 23.4 Å². The molecule has 0 radical (unpaired) electrons. The first kappa shape index (κ1) is 26.1. The van der Waals surface area contributed by atoms with Gasteiger partial charge < -0.3 is 15.4 Å². The van der Waals surface area contributed by atoms with Gasteiger partial charge in [-0.05, 0) is 42.0 Å². The van der Waals surface area contributed by atoms with Gasteiger partial charge in [-0.3, -0.25) is 9.59 Å². The quantitative estimate of drug-likeness (QED) is 0.300. The van der Waals surface area contributed by atoms with Crippen LogP contribution in [0.3, 0.4) is 0 Å². The lowest BCUT2D eigenvalue weighted by Gasteiger charge is -2.18. The van der Waals surface area contributed by atoms with Gasteiger partial charge in [0.2, 0.25) is 5.91 Å². The summed E-state index contributed by atoms with van der Waals surface area (Å²) in [5.41, 5.74) is 2.11. The highest BCUT2D eigenvalue weighted by Gasteiger charge is 2.21. The minimum Gasteiger partial charge on any atom is -0.435 e. The number of amides is 2. The number of rotatable bonds is 7. The number of halogens is 3. The van der Waals surface area contributed by atoms with E-state index >= 15 is 0 Å². The molecule has 0 unspecified atom stereocenters. The Kier molecular flexibility index (Phi) is 7.45. The number of hydrogen-bond acceptors (Lipinski definition) is 4. The molecule has 4 aromatic rings. The summed E-state index contributed by atoms with van der Waals surface area (Å²) in [4.78, 5) is 25.3. The number of nitrogens with zero attached hydrogens (tertiary/aromatic N) is 2. The molecule has 3 aromatic carbocycles. The smallest absolute Gasteiger partial charge is 0.387 e. The van der Waals surface area contributed by atoms with Crippen molar-refractivity contribution in [3.8, 4) is 11.4 Å². The van der Waals surface area contributed by atoms with E-state index in [4.69, 9.17) is 11.6 Å². The Bertz CT molecular complexity index is 1460. The summed E-state index contributed by atoms with van der Waals surface area (Å²) in [6.45, 7) is 2.77. The van der Waals surface area contributed by atoms with Crippen LogP contribution in [0.5, 0.6) is 5.75 Å². The lowest BCUT2D eigenvalue weighted by molar-refractivity contribution is -0.128. The summed E-state index contributed by atoms with van der Waals surface area (Å²) in [7, 11) is 0. The number of fused-ring (bicyclic) bond motifs is 1. The van der Waals surface area contributed by atoms with Gasteiger partial charge in [-0.25, -0.2) is 4.68 Å². The van der Waals surface area contributed by atoms with Crippen LogP contribution in [0.1, 0.15) is 36.7 Å². The van der Waals surface area contributed by atoms with Crippen LogP contribution >= 0.6 is 11.6 Å². The number of anilines is 1. The molecule has 0 aliphatic carbocycles. The SMILES string of the molecule is CC(C)(C)C(=O)NCc1ccc(Cl)c(C(=O)Nc2cccc3c2cnn3-c2cccc(OC(F)F)c2)c1.